The number of carbonyl (C=O) groups excluding carboxylic acids is 1. The average molecular weight is 333 g/mol. The molecule has 0 aliphatic heterocycles. The van der Waals surface area contributed by atoms with E-state index in [0.717, 1.165) is 10.2 Å². The van der Waals surface area contributed by atoms with E-state index in [2.05, 4.69) is 26.6 Å². The summed E-state index contributed by atoms with van der Waals surface area (Å²) in [5, 5.41) is 5.82. The fraction of sp³-hybridized carbons (Fsp3) is 0.417. The quantitative estimate of drug-likeness (QED) is 0.834. The SMILES string of the molecule is CC(CNCC(=O)Nc1ccccc1Br)S(C)=O. The molecule has 0 aliphatic carbocycles. The van der Waals surface area contributed by atoms with Gasteiger partial charge in [0.25, 0.3) is 0 Å². The Balaban J connectivity index is 2.35. The standard InChI is InChI=1S/C12H17BrN2O2S/c1-9(18(2)17)7-14-8-12(16)15-11-6-4-3-5-10(11)13/h3-6,9,14H,7-8H2,1-2H3,(H,15,16). The first kappa shape index (κ1) is 15.3. The summed E-state index contributed by atoms with van der Waals surface area (Å²) in [4.78, 5) is 11.6. The second-order valence-corrected chi connectivity index (χ2v) is 6.62. The molecule has 0 heterocycles. The van der Waals surface area contributed by atoms with Gasteiger partial charge in [-0.05, 0) is 35.0 Å². The summed E-state index contributed by atoms with van der Waals surface area (Å²) in [6, 6.07) is 7.43. The van der Waals surface area contributed by atoms with Gasteiger partial charge in [0.05, 0.1) is 12.2 Å². The zero-order valence-corrected chi connectivity index (χ0v) is 12.8. The molecule has 2 unspecified atom stereocenters. The van der Waals surface area contributed by atoms with Crippen LogP contribution in [0, 0.1) is 0 Å². The van der Waals surface area contributed by atoms with Gasteiger partial charge >= 0.3 is 0 Å². The Kier molecular flexibility index (Phi) is 6.52. The third kappa shape index (κ3) is 5.29. The van der Waals surface area contributed by atoms with E-state index in [1.54, 1.807) is 6.26 Å². The van der Waals surface area contributed by atoms with Gasteiger partial charge in [-0.1, -0.05) is 12.1 Å². The predicted octanol–water partition coefficient (Wildman–Crippen LogP) is 1.74. The van der Waals surface area contributed by atoms with Gasteiger partial charge < -0.3 is 10.6 Å². The van der Waals surface area contributed by atoms with Crippen molar-refractivity contribution < 1.29 is 9.00 Å². The van der Waals surface area contributed by atoms with Gasteiger partial charge in [0.1, 0.15) is 0 Å². The highest BCUT2D eigenvalue weighted by Gasteiger charge is 2.08. The van der Waals surface area contributed by atoms with Gasteiger partial charge in [-0.2, -0.15) is 0 Å². The van der Waals surface area contributed by atoms with E-state index in [9.17, 15) is 9.00 Å². The molecule has 0 aromatic heterocycles. The van der Waals surface area contributed by atoms with Gasteiger partial charge in [0.15, 0.2) is 0 Å². The molecular weight excluding hydrogens is 316 g/mol. The largest absolute Gasteiger partial charge is 0.324 e. The molecule has 2 atom stereocenters. The van der Waals surface area contributed by atoms with Crippen LogP contribution in [-0.4, -0.2) is 34.7 Å². The van der Waals surface area contributed by atoms with Crippen LogP contribution in [0.15, 0.2) is 28.7 Å². The summed E-state index contributed by atoms with van der Waals surface area (Å²) in [6.07, 6.45) is 1.66. The molecular formula is C12H17BrN2O2S. The summed E-state index contributed by atoms with van der Waals surface area (Å²) in [7, 11) is -0.868. The lowest BCUT2D eigenvalue weighted by atomic mass is 10.3. The number of hydrogen-bond acceptors (Lipinski definition) is 3. The number of amides is 1. The van der Waals surface area contributed by atoms with E-state index >= 15 is 0 Å². The minimum atomic E-state index is -0.868. The number of hydrogen-bond donors (Lipinski definition) is 2. The topological polar surface area (TPSA) is 58.2 Å². The maximum atomic E-state index is 11.6. The smallest absolute Gasteiger partial charge is 0.238 e. The number of anilines is 1. The lowest BCUT2D eigenvalue weighted by Gasteiger charge is -2.10. The molecule has 0 radical (unpaired) electrons. The molecule has 100 valence electrons. The fourth-order valence-electron chi connectivity index (χ4n) is 1.26. The molecule has 0 bridgehead atoms. The molecule has 1 aromatic carbocycles. The first-order valence-electron chi connectivity index (χ1n) is 5.58. The number of carbonyl (C=O) groups is 1. The van der Waals surface area contributed by atoms with Crippen LogP contribution < -0.4 is 10.6 Å². The molecule has 0 saturated heterocycles. The molecule has 0 spiro atoms. The molecule has 4 nitrogen and oxygen atoms in total. The van der Waals surface area contributed by atoms with Gasteiger partial charge in [-0.15, -0.1) is 0 Å². The molecule has 0 fully saturated rings. The predicted molar refractivity (Wildman–Crippen MR) is 79.2 cm³/mol. The third-order valence-corrected chi connectivity index (χ3v) is 4.42. The van der Waals surface area contributed by atoms with Gasteiger partial charge in [0.2, 0.25) is 5.91 Å². The summed E-state index contributed by atoms with van der Waals surface area (Å²) in [5.41, 5.74) is 0.747. The van der Waals surface area contributed by atoms with Crippen LogP contribution in [0.2, 0.25) is 0 Å². The van der Waals surface area contributed by atoms with Crippen LogP contribution in [0.3, 0.4) is 0 Å². The molecule has 1 amide bonds. The van der Waals surface area contributed by atoms with Crippen molar-refractivity contribution in [2.24, 2.45) is 0 Å². The van der Waals surface area contributed by atoms with Crippen LogP contribution in [0.25, 0.3) is 0 Å². The van der Waals surface area contributed by atoms with Crippen molar-refractivity contribution >= 4 is 38.3 Å². The van der Waals surface area contributed by atoms with Crippen LogP contribution in [0.1, 0.15) is 6.92 Å². The second-order valence-electron chi connectivity index (χ2n) is 3.97. The van der Waals surface area contributed by atoms with Crippen molar-refractivity contribution in [3.8, 4) is 0 Å². The van der Waals surface area contributed by atoms with Crippen molar-refractivity contribution in [1.82, 2.24) is 5.32 Å². The summed E-state index contributed by atoms with van der Waals surface area (Å²) >= 11 is 3.36. The van der Waals surface area contributed by atoms with Crippen molar-refractivity contribution in [3.63, 3.8) is 0 Å². The first-order valence-corrected chi connectivity index (χ1v) is 7.99. The highest BCUT2D eigenvalue weighted by Crippen LogP contribution is 2.20. The van der Waals surface area contributed by atoms with Crippen molar-refractivity contribution in [2.45, 2.75) is 12.2 Å². The Hall–Kier alpha value is -0.720. The van der Waals surface area contributed by atoms with E-state index in [1.165, 1.54) is 0 Å². The summed E-state index contributed by atoms with van der Waals surface area (Å²) in [5.74, 6) is -0.115. The van der Waals surface area contributed by atoms with Crippen LogP contribution >= 0.6 is 15.9 Å². The lowest BCUT2D eigenvalue weighted by Crippen LogP contribution is -2.34. The highest BCUT2D eigenvalue weighted by atomic mass is 79.9. The Morgan fingerprint density at radius 3 is 2.72 bits per heavy atom. The van der Waals surface area contributed by atoms with Gasteiger partial charge in [-0.25, -0.2) is 0 Å². The molecule has 1 aromatic rings. The number of benzene rings is 1. The molecule has 6 heteroatoms. The normalized spacial score (nSPS) is 13.9. The highest BCUT2D eigenvalue weighted by molar-refractivity contribution is 9.10. The minimum Gasteiger partial charge on any atom is -0.324 e. The number of nitrogens with one attached hydrogen (secondary N) is 2. The number of halogens is 1. The lowest BCUT2D eigenvalue weighted by molar-refractivity contribution is -0.115. The van der Waals surface area contributed by atoms with E-state index in [1.807, 2.05) is 31.2 Å². The molecule has 2 N–H and O–H groups in total. The van der Waals surface area contributed by atoms with E-state index in [0.29, 0.717) is 6.54 Å². The molecule has 0 aliphatic rings. The monoisotopic (exact) mass is 332 g/mol. The second kappa shape index (κ2) is 7.66. The zero-order chi connectivity index (χ0) is 13.5. The van der Waals surface area contributed by atoms with Crippen LogP contribution in [0.5, 0.6) is 0 Å². The number of para-hydroxylation sites is 1. The van der Waals surface area contributed by atoms with Gasteiger partial charge in [-0.3, -0.25) is 9.00 Å². The first-order chi connectivity index (χ1) is 8.50. The fourth-order valence-corrected chi connectivity index (χ4v) is 2.00. The van der Waals surface area contributed by atoms with Gasteiger partial charge in [0, 0.05) is 33.3 Å². The van der Waals surface area contributed by atoms with Crippen LogP contribution in [-0.2, 0) is 15.6 Å². The Morgan fingerprint density at radius 1 is 1.44 bits per heavy atom. The Labute approximate surface area is 118 Å². The summed E-state index contributed by atoms with van der Waals surface area (Å²) in [6.45, 7) is 2.66. The zero-order valence-electron chi connectivity index (χ0n) is 10.4. The number of rotatable bonds is 6. The maximum absolute atomic E-state index is 11.6. The minimum absolute atomic E-state index is 0.0428. The Morgan fingerprint density at radius 2 is 2.11 bits per heavy atom. The van der Waals surface area contributed by atoms with E-state index < -0.39 is 10.8 Å². The van der Waals surface area contributed by atoms with Crippen LogP contribution in [0.4, 0.5) is 5.69 Å². The molecule has 1 rings (SSSR count). The average Bonchev–Trinajstić information content (AvgIpc) is 2.32. The molecule has 0 saturated carbocycles. The van der Waals surface area contributed by atoms with Crippen molar-refractivity contribution in [2.75, 3.05) is 24.7 Å². The van der Waals surface area contributed by atoms with Crippen molar-refractivity contribution in [3.05, 3.63) is 28.7 Å². The van der Waals surface area contributed by atoms with E-state index in [4.69, 9.17) is 0 Å². The third-order valence-electron chi connectivity index (χ3n) is 2.43. The Bertz CT molecular complexity index is 440. The van der Waals surface area contributed by atoms with E-state index in [-0.39, 0.29) is 17.7 Å². The molecule has 18 heavy (non-hydrogen) atoms. The maximum Gasteiger partial charge on any atom is 0.238 e. The summed E-state index contributed by atoms with van der Waals surface area (Å²) < 4.78 is 12.0. The van der Waals surface area contributed by atoms with Crippen molar-refractivity contribution in [1.29, 1.82) is 0 Å².